The van der Waals surface area contributed by atoms with E-state index >= 15 is 0 Å². The maximum Gasteiger partial charge on any atom is 0.160 e. The van der Waals surface area contributed by atoms with Crippen LogP contribution < -0.4 is 4.74 Å². The molecule has 0 saturated carbocycles. The van der Waals surface area contributed by atoms with Gasteiger partial charge in [0.25, 0.3) is 0 Å². The van der Waals surface area contributed by atoms with E-state index in [-0.39, 0.29) is 6.10 Å². The van der Waals surface area contributed by atoms with Gasteiger partial charge in [-0.3, -0.25) is 0 Å². The van der Waals surface area contributed by atoms with Gasteiger partial charge >= 0.3 is 0 Å². The zero-order chi connectivity index (χ0) is 13.9. The average Bonchev–Trinajstić information content (AvgIpc) is 2.51. The summed E-state index contributed by atoms with van der Waals surface area (Å²) in [6.07, 6.45) is 0.959. The van der Waals surface area contributed by atoms with E-state index < -0.39 is 0 Å². The third-order valence-corrected chi connectivity index (χ3v) is 3.60. The van der Waals surface area contributed by atoms with Crippen LogP contribution in [0, 0.1) is 0 Å². The van der Waals surface area contributed by atoms with Gasteiger partial charge in [0.15, 0.2) is 6.10 Å². The number of ether oxygens (including phenoxy) is 1. The van der Waals surface area contributed by atoms with Crippen LogP contribution in [0.1, 0.15) is 17.2 Å². The molecule has 1 aliphatic rings. The van der Waals surface area contributed by atoms with Crippen molar-refractivity contribution in [3.05, 3.63) is 70.8 Å². The normalized spacial score (nSPS) is 17.9. The van der Waals surface area contributed by atoms with Crippen molar-refractivity contribution >= 4 is 23.4 Å². The number of rotatable bonds is 2. The number of benzene rings is 2. The first-order valence-corrected chi connectivity index (χ1v) is 6.57. The molecule has 1 unspecified atom stereocenters. The SMILES string of the molecule is ON=CC1=C(Cl)C(c2ccccc2)Oc2ccccc21. The Kier molecular flexibility index (Phi) is 3.44. The number of nitrogens with zero attached hydrogens (tertiary/aromatic N) is 1. The Bertz CT molecular complexity index is 680. The highest BCUT2D eigenvalue weighted by atomic mass is 35.5. The lowest BCUT2D eigenvalue weighted by atomic mass is 9.97. The fraction of sp³-hybridized carbons (Fsp3) is 0.0625. The Morgan fingerprint density at radius 2 is 1.75 bits per heavy atom. The predicted octanol–water partition coefficient (Wildman–Crippen LogP) is 4.23. The maximum atomic E-state index is 8.85. The Hall–Kier alpha value is -2.26. The second-order valence-corrected chi connectivity index (χ2v) is 4.82. The van der Waals surface area contributed by atoms with Crippen LogP contribution in [0.2, 0.25) is 0 Å². The number of hydrogen-bond acceptors (Lipinski definition) is 3. The van der Waals surface area contributed by atoms with Crippen molar-refractivity contribution in [1.29, 1.82) is 0 Å². The Balaban J connectivity index is 2.15. The molecule has 0 aliphatic carbocycles. The van der Waals surface area contributed by atoms with Crippen LogP contribution in [0.3, 0.4) is 0 Å². The van der Waals surface area contributed by atoms with Crippen LogP contribution in [0.15, 0.2) is 64.8 Å². The number of fused-ring (bicyclic) bond motifs is 1. The van der Waals surface area contributed by atoms with E-state index in [2.05, 4.69) is 5.16 Å². The highest BCUT2D eigenvalue weighted by Gasteiger charge is 2.27. The summed E-state index contributed by atoms with van der Waals surface area (Å²) < 4.78 is 5.97. The summed E-state index contributed by atoms with van der Waals surface area (Å²) in [4.78, 5) is 0. The van der Waals surface area contributed by atoms with Crippen molar-refractivity contribution in [2.24, 2.45) is 5.16 Å². The summed E-state index contributed by atoms with van der Waals surface area (Å²) in [7, 11) is 0. The molecule has 0 radical (unpaired) electrons. The molecule has 1 aliphatic heterocycles. The average molecular weight is 286 g/mol. The van der Waals surface area contributed by atoms with Crippen molar-refractivity contribution in [1.82, 2.24) is 0 Å². The van der Waals surface area contributed by atoms with E-state index in [0.29, 0.717) is 10.6 Å². The summed E-state index contributed by atoms with van der Waals surface area (Å²) in [5, 5.41) is 12.5. The molecule has 0 spiro atoms. The van der Waals surface area contributed by atoms with Crippen LogP contribution in [-0.4, -0.2) is 11.4 Å². The summed E-state index contributed by atoms with van der Waals surface area (Å²) in [5.41, 5.74) is 2.45. The van der Waals surface area contributed by atoms with Gasteiger partial charge in [-0.15, -0.1) is 0 Å². The largest absolute Gasteiger partial charge is 0.479 e. The number of para-hydroxylation sites is 1. The Morgan fingerprint density at radius 1 is 1.05 bits per heavy atom. The van der Waals surface area contributed by atoms with Crippen LogP contribution in [0.4, 0.5) is 0 Å². The molecule has 2 aromatic rings. The van der Waals surface area contributed by atoms with Gasteiger partial charge in [0.05, 0.1) is 11.2 Å². The second kappa shape index (κ2) is 5.39. The lowest BCUT2D eigenvalue weighted by Gasteiger charge is -2.27. The van der Waals surface area contributed by atoms with E-state index in [0.717, 1.165) is 16.9 Å². The molecule has 0 aromatic heterocycles. The minimum Gasteiger partial charge on any atom is -0.479 e. The van der Waals surface area contributed by atoms with Crippen LogP contribution in [0.5, 0.6) is 5.75 Å². The van der Waals surface area contributed by atoms with Crippen molar-refractivity contribution in [2.75, 3.05) is 0 Å². The first kappa shape index (κ1) is 12.8. The topological polar surface area (TPSA) is 41.8 Å². The molecular formula is C16H12ClNO2. The fourth-order valence-corrected chi connectivity index (χ4v) is 2.59. The number of oxime groups is 1. The molecule has 3 rings (SSSR count). The zero-order valence-corrected chi connectivity index (χ0v) is 11.3. The standard InChI is InChI=1S/C16H12ClNO2/c17-15-13(10-18-19)12-8-4-5-9-14(12)20-16(15)11-6-2-1-3-7-11/h1-10,16,19H. The van der Waals surface area contributed by atoms with Crippen LogP contribution >= 0.6 is 11.6 Å². The van der Waals surface area contributed by atoms with Crippen molar-refractivity contribution in [2.45, 2.75) is 6.10 Å². The van der Waals surface area contributed by atoms with E-state index in [1.165, 1.54) is 6.21 Å². The monoisotopic (exact) mass is 285 g/mol. The van der Waals surface area contributed by atoms with E-state index in [1.54, 1.807) is 0 Å². The number of allylic oxidation sites excluding steroid dienone is 1. The number of halogens is 1. The highest BCUT2D eigenvalue weighted by molar-refractivity contribution is 6.38. The lowest BCUT2D eigenvalue weighted by molar-refractivity contribution is 0.246. The summed E-state index contributed by atoms with van der Waals surface area (Å²) in [6.45, 7) is 0. The molecule has 0 fully saturated rings. The third kappa shape index (κ3) is 2.17. The highest BCUT2D eigenvalue weighted by Crippen LogP contribution is 2.42. The molecular weight excluding hydrogens is 274 g/mol. The van der Waals surface area contributed by atoms with Crippen LogP contribution in [0.25, 0.3) is 5.57 Å². The molecule has 4 heteroatoms. The van der Waals surface area contributed by atoms with Gasteiger partial charge in [-0.05, 0) is 11.6 Å². The molecule has 1 atom stereocenters. The molecule has 3 nitrogen and oxygen atoms in total. The second-order valence-electron chi connectivity index (χ2n) is 4.41. The van der Waals surface area contributed by atoms with Crippen molar-refractivity contribution < 1.29 is 9.94 Å². The molecule has 0 saturated heterocycles. The predicted molar refractivity (Wildman–Crippen MR) is 79.3 cm³/mol. The maximum absolute atomic E-state index is 8.85. The molecule has 2 aromatic carbocycles. The van der Waals surface area contributed by atoms with Gasteiger partial charge in [0.1, 0.15) is 5.75 Å². The van der Waals surface area contributed by atoms with Gasteiger partial charge in [0, 0.05) is 11.1 Å². The van der Waals surface area contributed by atoms with Crippen molar-refractivity contribution in [3.8, 4) is 5.75 Å². The number of hydrogen-bond donors (Lipinski definition) is 1. The van der Waals surface area contributed by atoms with Gasteiger partial charge in [0.2, 0.25) is 0 Å². The minimum absolute atomic E-state index is 0.388. The van der Waals surface area contributed by atoms with Gasteiger partial charge in [-0.25, -0.2) is 0 Å². The molecule has 1 heterocycles. The quantitative estimate of drug-likeness (QED) is 0.510. The van der Waals surface area contributed by atoms with E-state index in [9.17, 15) is 0 Å². The lowest BCUT2D eigenvalue weighted by Crippen LogP contribution is -2.15. The van der Waals surface area contributed by atoms with Crippen molar-refractivity contribution in [3.63, 3.8) is 0 Å². The summed E-state index contributed by atoms with van der Waals surface area (Å²) >= 11 is 6.44. The molecule has 0 amide bonds. The Morgan fingerprint density at radius 3 is 2.50 bits per heavy atom. The smallest absolute Gasteiger partial charge is 0.160 e. The van der Waals surface area contributed by atoms with E-state index in [4.69, 9.17) is 21.5 Å². The van der Waals surface area contributed by atoms with Gasteiger partial charge in [-0.2, -0.15) is 0 Å². The van der Waals surface area contributed by atoms with Gasteiger partial charge < -0.3 is 9.94 Å². The summed E-state index contributed by atoms with van der Waals surface area (Å²) in [6, 6.07) is 17.3. The molecule has 0 bridgehead atoms. The molecule has 100 valence electrons. The summed E-state index contributed by atoms with van der Waals surface area (Å²) in [5.74, 6) is 0.723. The Labute approximate surface area is 121 Å². The fourth-order valence-electron chi connectivity index (χ4n) is 2.27. The third-order valence-electron chi connectivity index (χ3n) is 3.20. The first-order valence-electron chi connectivity index (χ1n) is 6.19. The van der Waals surface area contributed by atoms with Gasteiger partial charge in [-0.1, -0.05) is 65.3 Å². The zero-order valence-electron chi connectivity index (χ0n) is 10.5. The first-order chi connectivity index (χ1) is 9.81. The van der Waals surface area contributed by atoms with E-state index in [1.807, 2.05) is 54.6 Å². The van der Waals surface area contributed by atoms with Crippen LogP contribution in [-0.2, 0) is 0 Å². The molecule has 20 heavy (non-hydrogen) atoms. The molecule has 1 N–H and O–H groups in total. The minimum atomic E-state index is -0.388.